The molecule has 6 nitrogen and oxygen atoms in total. The van der Waals surface area contributed by atoms with Crippen molar-refractivity contribution in [1.82, 2.24) is 10.5 Å². The zero-order valence-corrected chi connectivity index (χ0v) is 14.3. The Kier molecular flexibility index (Phi) is 4.55. The molecular formula is C18H22N2O4. The summed E-state index contributed by atoms with van der Waals surface area (Å²) in [5.74, 6) is 1.88. The van der Waals surface area contributed by atoms with E-state index in [1.54, 1.807) is 6.92 Å². The van der Waals surface area contributed by atoms with E-state index in [1.807, 2.05) is 6.07 Å². The highest BCUT2D eigenvalue weighted by Crippen LogP contribution is 2.29. The zero-order valence-electron chi connectivity index (χ0n) is 14.3. The van der Waals surface area contributed by atoms with E-state index in [0.717, 1.165) is 18.5 Å². The van der Waals surface area contributed by atoms with E-state index in [9.17, 15) is 9.59 Å². The molecule has 1 amide bonds. The number of Topliss-reactive ketones (excluding diaryl/α,β-unsaturated/α-hetero) is 1. The SMILES string of the molecule is Cc1oc2c(c1C(=O)NCc1cc(CC(C)C)no1)C(=O)CCC2. The van der Waals surface area contributed by atoms with Crippen LogP contribution in [0.3, 0.4) is 0 Å². The molecule has 6 heteroatoms. The van der Waals surface area contributed by atoms with E-state index in [2.05, 4.69) is 24.3 Å². The molecule has 0 radical (unpaired) electrons. The quantitative estimate of drug-likeness (QED) is 0.909. The molecule has 0 saturated heterocycles. The van der Waals surface area contributed by atoms with Gasteiger partial charge in [-0.3, -0.25) is 9.59 Å². The van der Waals surface area contributed by atoms with E-state index in [0.29, 0.717) is 47.2 Å². The van der Waals surface area contributed by atoms with Gasteiger partial charge in [-0.15, -0.1) is 0 Å². The smallest absolute Gasteiger partial charge is 0.255 e. The molecule has 2 aromatic heterocycles. The van der Waals surface area contributed by atoms with Crippen molar-refractivity contribution in [2.75, 3.05) is 0 Å². The number of carbonyl (C=O) groups is 2. The fraction of sp³-hybridized carbons (Fsp3) is 0.500. The number of carbonyl (C=O) groups excluding carboxylic acids is 2. The predicted molar refractivity (Wildman–Crippen MR) is 86.9 cm³/mol. The fourth-order valence-corrected chi connectivity index (χ4v) is 3.09. The lowest BCUT2D eigenvalue weighted by Gasteiger charge is -2.09. The summed E-state index contributed by atoms with van der Waals surface area (Å²) in [5, 5.41) is 6.79. The molecule has 1 aliphatic carbocycles. The van der Waals surface area contributed by atoms with Gasteiger partial charge in [0.25, 0.3) is 5.91 Å². The number of aryl methyl sites for hydroxylation is 2. The first-order valence-corrected chi connectivity index (χ1v) is 8.33. The monoisotopic (exact) mass is 330 g/mol. The number of nitrogens with zero attached hydrogens (tertiary/aromatic N) is 1. The molecule has 3 rings (SSSR count). The summed E-state index contributed by atoms with van der Waals surface area (Å²) in [7, 11) is 0. The van der Waals surface area contributed by atoms with E-state index in [4.69, 9.17) is 8.94 Å². The Hall–Kier alpha value is -2.37. The third-order valence-corrected chi connectivity index (χ3v) is 4.12. The number of rotatable bonds is 5. The second kappa shape index (κ2) is 6.63. The Morgan fingerprint density at radius 3 is 2.92 bits per heavy atom. The molecule has 128 valence electrons. The summed E-state index contributed by atoms with van der Waals surface area (Å²) in [6.07, 6.45) is 2.78. The van der Waals surface area contributed by atoms with Crippen LogP contribution in [-0.2, 0) is 19.4 Å². The lowest BCUT2D eigenvalue weighted by atomic mass is 9.93. The second-order valence-corrected chi connectivity index (χ2v) is 6.67. The molecule has 1 N–H and O–H groups in total. The van der Waals surface area contributed by atoms with Gasteiger partial charge in [0.05, 0.1) is 23.4 Å². The van der Waals surface area contributed by atoms with Crippen molar-refractivity contribution < 1.29 is 18.5 Å². The van der Waals surface area contributed by atoms with Crippen molar-refractivity contribution in [3.63, 3.8) is 0 Å². The molecule has 1 aliphatic rings. The van der Waals surface area contributed by atoms with Gasteiger partial charge in [0.1, 0.15) is 11.5 Å². The maximum atomic E-state index is 12.5. The maximum absolute atomic E-state index is 12.5. The lowest BCUT2D eigenvalue weighted by molar-refractivity contribution is 0.0923. The highest BCUT2D eigenvalue weighted by Gasteiger charge is 2.30. The molecule has 2 heterocycles. The first kappa shape index (κ1) is 16.5. The number of nitrogens with one attached hydrogen (secondary N) is 1. The largest absolute Gasteiger partial charge is 0.465 e. The molecule has 0 saturated carbocycles. The highest BCUT2D eigenvalue weighted by atomic mass is 16.5. The Morgan fingerprint density at radius 2 is 2.17 bits per heavy atom. The van der Waals surface area contributed by atoms with Crippen LogP contribution in [0.1, 0.15) is 70.4 Å². The molecule has 0 fully saturated rings. The third kappa shape index (κ3) is 3.27. The molecular weight excluding hydrogens is 308 g/mol. The Balaban J connectivity index is 1.71. The maximum Gasteiger partial charge on any atom is 0.255 e. The van der Waals surface area contributed by atoms with Gasteiger partial charge in [0.15, 0.2) is 11.5 Å². The van der Waals surface area contributed by atoms with Gasteiger partial charge < -0.3 is 14.3 Å². The molecule has 24 heavy (non-hydrogen) atoms. The standard InChI is InChI=1S/C18H22N2O4/c1-10(2)7-12-8-13(24-20-12)9-19-18(22)16-11(3)23-15-6-4-5-14(21)17(15)16/h8,10H,4-7,9H2,1-3H3,(H,19,22). The number of ketones is 1. The van der Waals surface area contributed by atoms with Crippen LogP contribution >= 0.6 is 0 Å². The predicted octanol–water partition coefficient (Wildman–Crippen LogP) is 3.22. The van der Waals surface area contributed by atoms with Crippen molar-refractivity contribution in [3.8, 4) is 0 Å². The number of furan rings is 1. The van der Waals surface area contributed by atoms with Crippen molar-refractivity contribution >= 4 is 11.7 Å². The normalized spacial score (nSPS) is 14.1. The summed E-state index contributed by atoms with van der Waals surface area (Å²) in [6.45, 7) is 6.17. The molecule has 0 aliphatic heterocycles. The van der Waals surface area contributed by atoms with Crippen LogP contribution in [0.25, 0.3) is 0 Å². The van der Waals surface area contributed by atoms with Crippen molar-refractivity contribution in [1.29, 1.82) is 0 Å². The number of hydrogen-bond donors (Lipinski definition) is 1. The average Bonchev–Trinajstić information content (AvgIpc) is 3.08. The molecule has 0 bridgehead atoms. The van der Waals surface area contributed by atoms with E-state index < -0.39 is 0 Å². The summed E-state index contributed by atoms with van der Waals surface area (Å²) < 4.78 is 10.9. The van der Waals surface area contributed by atoms with Crippen LogP contribution in [0.4, 0.5) is 0 Å². The Labute approximate surface area is 140 Å². The molecule has 0 atom stereocenters. The van der Waals surface area contributed by atoms with E-state index in [1.165, 1.54) is 0 Å². The molecule has 0 unspecified atom stereocenters. The highest BCUT2D eigenvalue weighted by molar-refractivity contribution is 6.09. The van der Waals surface area contributed by atoms with Crippen molar-refractivity contribution in [2.24, 2.45) is 5.92 Å². The minimum Gasteiger partial charge on any atom is -0.465 e. The van der Waals surface area contributed by atoms with E-state index in [-0.39, 0.29) is 18.2 Å². The summed E-state index contributed by atoms with van der Waals surface area (Å²) in [5.41, 5.74) is 1.69. The fourth-order valence-electron chi connectivity index (χ4n) is 3.09. The van der Waals surface area contributed by atoms with Gasteiger partial charge in [0, 0.05) is 18.9 Å². The molecule has 2 aromatic rings. The zero-order chi connectivity index (χ0) is 17.3. The minimum absolute atomic E-state index is 0.0165. The van der Waals surface area contributed by atoms with Crippen LogP contribution < -0.4 is 5.32 Å². The Bertz CT molecular complexity index is 770. The number of hydrogen-bond acceptors (Lipinski definition) is 5. The number of amides is 1. The van der Waals surface area contributed by atoms with Crippen LogP contribution in [0.5, 0.6) is 0 Å². The van der Waals surface area contributed by atoms with Gasteiger partial charge >= 0.3 is 0 Å². The first-order chi connectivity index (χ1) is 11.5. The van der Waals surface area contributed by atoms with Gasteiger partial charge in [0.2, 0.25) is 0 Å². The minimum atomic E-state index is -0.311. The van der Waals surface area contributed by atoms with Gasteiger partial charge in [-0.05, 0) is 25.7 Å². The first-order valence-electron chi connectivity index (χ1n) is 8.33. The summed E-state index contributed by atoms with van der Waals surface area (Å²) in [6, 6.07) is 1.85. The van der Waals surface area contributed by atoms with Crippen LogP contribution in [-0.4, -0.2) is 16.8 Å². The van der Waals surface area contributed by atoms with Gasteiger partial charge in [-0.1, -0.05) is 19.0 Å². The Morgan fingerprint density at radius 1 is 1.38 bits per heavy atom. The van der Waals surface area contributed by atoms with Crippen LogP contribution in [0, 0.1) is 12.8 Å². The number of fused-ring (bicyclic) bond motifs is 1. The van der Waals surface area contributed by atoms with Crippen molar-refractivity contribution in [3.05, 3.63) is 40.2 Å². The van der Waals surface area contributed by atoms with E-state index >= 15 is 0 Å². The molecule has 0 spiro atoms. The average molecular weight is 330 g/mol. The van der Waals surface area contributed by atoms with Crippen LogP contribution in [0.15, 0.2) is 15.0 Å². The summed E-state index contributed by atoms with van der Waals surface area (Å²) >= 11 is 0. The molecule has 0 aromatic carbocycles. The third-order valence-electron chi connectivity index (χ3n) is 4.12. The van der Waals surface area contributed by atoms with Gasteiger partial charge in [-0.2, -0.15) is 0 Å². The summed E-state index contributed by atoms with van der Waals surface area (Å²) in [4.78, 5) is 24.7. The second-order valence-electron chi connectivity index (χ2n) is 6.67. The topological polar surface area (TPSA) is 85.3 Å². The van der Waals surface area contributed by atoms with Crippen molar-refractivity contribution in [2.45, 2.75) is 53.0 Å². The lowest BCUT2D eigenvalue weighted by Crippen LogP contribution is -2.25. The van der Waals surface area contributed by atoms with Crippen LogP contribution in [0.2, 0.25) is 0 Å². The number of aromatic nitrogens is 1. The van der Waals surface area contributed by atoms with Gasteiger partial charge in [-0.25, -0.2) is 0 Å².